The summed E-state index contributed by atoms with van der Waals surface area (Å²) in [6.45, 7) is 2.28. The number of furan rings is 1. The number of amides is 1. The number of hydrogen-bond acceptors (Lipinski definition) is 3. The molecule has 0 radical (unpaired) electrons. The van der Waals surface area contributed by atoms with E-state index in [0.29, 0.717) is 5.76 Å². The summed E-state index contributed by atoms with van der Waals surface area (Å²) >= 11 is 0. The van der Waals surface area contributed by atoms with Crippen LogP contribution in [0.1, 0.15) is 50.9 Å². The van der Waals surface area contributed by atoms with Crippen LogP contribution in [0.15, 0.2) is 22.8 Å². The fourth-order valence-corrected chi connectivity index (χ4v) is 2.75. The van der Waals surface area contributed by atoms with Gasteiger partial charge in [-0.15, -0.1) is 0 Å². The van der Waals surface area contributed by atoms with Crippen LogP contribution in [0, 0.1) is 5.41 Å². The van der Waals surface area contributed by atoms with Crippen LogP contribution in [-0.2, 0) is 4.79 Å². The molecule has 4 heteroatoms. The van der Waals surface area contributed by atoms with E-state index in [4.69, 9.17) is 4.42 Å². The van der Waals surface area contributed by atoms with Gasteiger partial charge >= 0.3 is 0 Å². The molecule has 1 fully saturated rings. The van der Waals surface area contributed by atoms with Crippen molar-refractivity contribution in [3.63, 3.8) is 0 Å². The maximum atomic E-state index is 12.2. The Bertz CT molecular complexity index is 380. The van der Waals surface area contributed by atoms with Crippen LogP contribution in [0.4, 0.5) is 0 Å². The van der Waals surface area contributed by atoms with Gasteiger partial charge in [-0.05, 0) is 31.4 Å². The summed E-state index contributed by atoms with van der Waals surface area (Å²) in [6, 6.07) is 3.44. The highest BCUT2D eigenvalue weighted by molar-refractivity contribution is 5.82. The number of rotatable bonds is 5. The summed E-state index contributed by atoms with van der Waals surface area (Å²) in [4.78, 5) is 12.2. The Morgan fingerprint density at radius 2 is 2.28 bits per heavy atom. The summed E-state index contributed by atoms with van der Waals surface area (Å²) in [5.41, 5.74) is -0.205. The maximum absolute atomic E-state index is 12.2. The first kappa shape index (κ1) is 13.1. The van der Waals surface area contributed by atoms with Gasteiger partial charge in [-0.2, -0.15) is 0 Å². The van der Waals surface area contributed by atoms with Crippen LogP contribution in [0.5, 0.6) is 0 Å². The van der Waals surface area contributed by atoms with Crippen LogP contribution in [0.2, 0.25) is 0 Å². The minimum atomic E-state index is -0.765. The predicted molar refractivity (Wildman–Crippen MR) is 67.9 cm³/mol. The van der Waals surface area contributed by atoms with Crippen LogP contribution in [-0.4, -0.2) is 17.6 Å². The fourth-order valence-electron chi connectivity index (χ4n) is 2.75. The molecule has 2 rings (SSSR count). The van der Waals surface area contributed by atoms with E-state index in [9.17, 15) is 9.90 Å². The molecule has 1 saturated carbocycles. The molecule has 0 bridgehead atoms. The van der Waals surface area contributed by atoms with E-state index in [2.05, 4.69) is 12.2 Å². The van der Waals surface area contributed by atoms with Crippen molar-refractivity contribution >= 4 is 5.91 Å². The molecule has 4 nitrogen and oxygen atoms in total. The summed E-state index contributed by atoms with van der Waals surface area (Å²) < 4.78 is 5.10. The average molecular weight is 251 g/mol. The zero-order valence-corrected chi connectivity index (χ0v) is 10.8. The molecule has 2 N–H and O–H groups in total. The third kappa shape index (κ3) is 2.58. The first-order valence-electron chi connectivity index (χ1n) is 6.68. The lowest BCUT2D eigenvalue weighted by atomic mass is 9.82. The zero-order chi connectivity index (χ0) is 13.0. The summed E-state index contributed by atoms with van der Waals surface area (Å²) in [5, 5.41) is 12.7. The largest absolute Gasteiger partial charge is 0.467 e. The molecule has 0 aliphatic heterocycles. The quantitative estimate of drug-likeness (QED) is 0.844. The minimum absolute atomic E-state index is 0.0770. The van der Waals surface area contributed by atoms with Crippen LogP contribution in [0.3, 0.4) is 0 Å². The lowest BCUT2D eigenvalue weighted by Gasteiger charge is -2.26. The van der Waals surface area contributed by atoms with Crippen molar-refractivity contribution in [1.82, 2.24) is 5.32 Å². The summed E-state index contributed by atoms with van der Waals surface area (Å²) in [5.74, 6) is 0.570. The molecular formula is C14H21NO3. The second-order valence-electron chi connectivity index (χ2n) is 5.08. The van der Waals surface area contributed by atoms with Gasteiger partial charge in [-0.3, -0.25) is 4.79 Å². The van der Waals surface area contributed by atoms with Crippen molar-refractivity contribution in [2.75, 3.05) is 6.54 Å². The molecule has 1 aliphatic rings. The molecule has 1 aromatic heterocycles. The molecule has 1 heterocycles. The Kier molecular flexibility index (Phi) is 4.07. The minimum Gasteiger partial charge on any atom is -0.467 e. The number of carbonyl (C=O) groups excluding carboxylic acids is 1. The fraction of sp³-hybridized carbons (Fsp3) is 0.643. The number of carbonyl (C=O) groups is 1. The number of hydrogen-bond donors (Lipinski definition) is 2. The number of aliphatic hydroxyl groups excluding tert-OH is 1. The third-order valence-corrected chi connectivity index (χ3v) is 4.05. The molecule has 1 amide bonds. The van der Waals surface area contributed by atoms with Gasteiger partial charge in [-0.25, -0.2) is 0 Å². The van der Waals surface area contributed by atoms with Gasteiger partial charge in [0.2, 0.25) is 5.91 Å². The van der Waals surface area contributed by atoms with E-state index in [0.717, 1.165) is 32.1 Å². The van der Waals surface area contributed by atoms with Gasteiger partial charge in [0.25, 0.3) is 0 Å². The Hall–Kier alpha value is -1.29. The standard InChI is InChI=1S/C14H21NO3/c1-2-14(7-3-4-8-14)13(17)15-10-11(16)12-6-5-9-18-12/h5-6,9,11,16H,2-4,7-8,10H2,1H3,(H,15,17)/t11-/m1/s1. The molecule has 1 atom stereocenters. The van der Waals surface area contributed by atoms with Crippen LogP contribution < -0.4 is 5.32 Å². The van der Waals surface area contributed by atoms with Gasteiger partial charge in [0.15, 0.2) is 0 Å². The predicted octanol–water partition coefficient (Wildman–Crippen LogP) is 2.40. The molecular weight excluding hydrogens is 230 g/mol. The molecule has 1 aliphatic carbocycles. The molecule has 0 spiro atoms. The van der Waals surface area contributed by atoms with Crippen molar-refractivity contribution in [2.24, 2.45) is 5.41 Å². The maximum Gasteiger partial charge on any atom is 0.226 e. The van der Waals surface area contributed by atoms with E-state index in [1.54, 1.807) is 12.1 Å². The van der Waals surface area contributed by atoms with Gasteiger partial charge in [0.1, 0.15) is 11.9 Å². The first-order valence-corrected chi connectivity index (χ1v) is 6.68. The van der Waals surface area contributed by atoms with Crippen molar-refractivity contribution in [2.45, 2.75) is 45.1 Å². The molecule has 18 heavy (non-hydrogen) atoms. The van der Waals surface area contributed by atoms with Crippen molar-refractivity contribution in [3.05, 3.63) is 24.2 Å². The van der Waals surface area contributed by atoms with E-state index < -0.39 is 6.10 Å². The van der Waals surface area contributed by atoms with Crippen LogP contribution in [0.25, 0.3) is 0 Å². The Balaban J connectivity index is 1.88. The van der Waals surface area contributed by atoms with E-state index in [1.165, 1.54) is 6.26 Å². The number of aliphatic hydroxyl groups is 1. The second-order valence-corrected chi connectivity index (χ2v) is 5.08. The normalized spacial score (nSPS) is 19.7. The van der Waals surface area contributed by atoms with Gasteiger partial charge in [-0.1, -0.05) is 19.8 Å². The Labute approximate surface area is 107 Å². The van der Waals surface area contributed by atoms with Gasteiger partial charge in [0, 0.05) is 5.41 Å². The van der Waals surface area contributed by atoms with Crippen molar-refractivity contribution < 1.29 is 14.3 Å². The van der Waals surface area contributed by atoms with Gasteiger partial charge in [0.05, 0.1) is 12.8 Å². The topological polar surface area (TPSA) is 62.5 Å². The highest BCUT2D eigenvalue weighted by Gasteiger charge is 2.39. The highest BCUT2D eigenvalue weighted by Crippen LogP contribution is 2.41. The Morgan fingerprint density at radius 3 is 2.83 bits per heavy atom. The number of nitrogens with one attached hydrogen (secondary N) is 1. The second kappa shape index (κ2) is 5.57. The average Bonchev–Trinajstić information content (AvgIpc) is 3.06. The molecule has 0 saturated heterocycles. The van der Waals surface area contributed by atoms with E-state index in [1.807, 2.05) is 0 Å². The van der Waals surface area contributed by atoms with Crippen molar-refractivity contribution in [1.29, 1.82) is 0 Å². The summed E-state index contributed by atoms with van der Waals surface area (Å²) in [6.07, 6.45) is 5.81. The molecule has 100 valence electrons. The Morgan fingerprint density at radius 1 is 1.56 bits per heavy atom. The van der Waals surface area contributed by atoms with Gasteiger partial charge < -0.3 is 14.8 Å². The van der Waals surface area contributed by atoms with Crippen LogP contribution >= 0.6 is 0 Å². The molecule has 0 unspecified atom stereocenters. The lowest BCUT2D eigenvalue weighted by Crippen LogP contribution is -2.40. The van der Waals surface area contributed by atoms with E-state index >= 15 is 0 Å². The molecule has 0 aromatic carbocycles. The zero-order valence-electron chi connectivity index (χ0n) is 10.8. The monoisotopic (exact) mass is 251 g/mol. The molecule has 1 aromatic rings. The SMILES string of the molecule is CCC1(C(=O)NC[C@@H](O)c2ccco2)CCCC1. The summed E-state index contributed by atoms with van der Waals surface area (Å²) in [7, 11) is 0. The highest BCUT2D eigenvalue weighted by atomic mass is 16.4. The van der Waals surface area contributed by atoms with E-state index in [-0.39, 0.29) is 17.9 Å². The van der Waals surface area contributed by atoms with Crippen molar-refractivity contribution in [3.8, 4) is 0 Å². The lowest BCUT2D eigenvalue weighted by molar-refractivity contribution is -0.131. The first-order chi connectivity index (χ1) is 8.68. The smallest absolute Gasteiger partial charge is 0.226 e. The third-order valence-electron chi connectivity index (χ3n) is 4.05.